The molecule has 0 aliphatic heterocycles. The smallest absolute Gasteiger partial charge is 0.0426 e. The van der Waals surface area contributed by atoms with Crippen LogP contribution in [0.5, 0.6) is 0 Å². The molecule has 0 bridgehead atoms. The average molecular weight is 238 g/mol. The van der Waals surface area contributed by atoms with Crippen molar-refractivity contribution >= 4 is 17.3 Å². The van der Waals surface area contributed by atoms with E-state index in [1.54, 1.807) is 0 Å². The summed E-state index contributed by atoms with van der Waals surface area (Å²) >= 11 is 6.02. The highest BCUT2D eigenvalue weighted by Crippen LogP contribution is 2.38. The minimum absolute atomic E-state index is 0.490. The molecule has 1 aromatic rings. The van der Waals surface area contributed by atoms with Crippen molar-refractivity contribution in [3.05, 3.63) is 28.8 Å². The SMILES string of the molecule is Cc1ccc(Cl)cc1NC1CCC(C)(C)C1. The molecule has 1 aromatic carbocycles. The van der Waals surface area contributed by atoms with Crippen LogP contribution in [0.2, 0.25) is 5.02 Å². The Morgan fingerprint density at radius 1 is 1.38 bits per heavy atom. The first-order valence-electron chi connectivity index (χ1n) is 5.99. The lowest BCUT2D eigenvalue weighted by Crippen LogP contribution is -2.18. The van der Waals surface area contributed by atoms with Gasteiger partial charge in [-0.3, -0.25) is 0 Å². The molecule has 1 nitrogen and oxygen atoms in total. The summed E-state index contributed by atoms with van der Waals surface area (Å²) in [5.74, 6) is 0. The van der Waals surface area contributed by atoms with E-state index >= 15 is 0 Å². The third-order valence-electron chi connectivity index (χ3n) is 3.53. The van der Waals surface area contributed by atoms with Crippen LogP contribution in [0, 0.1) is 12.3 Å². The maximum absolute atomic E-state index is 6.02. The predicted molar refractivity (Wildman–Crippen MR) is 71.2 cm³/mol. The van der Waals surface area contributed by atoms with Gasteiger partial charge in [0.15, 0.2) is 0 Å². The first-order chi connectivity index (χ1) is 7.46. The van der Waals surface area contributed by atoms with Gasteiger partial charge >= 0.3 is 0 Å². The third-order valence-corrected chi connectivity index (χ3v) is 3.76. The van der Waals surface area contributed by atoms with Crippen LogP contribution in [-0.2, 0) is 0 Å². The van der Waals surface area contributed by atoms with Gasteiger partial charge in [-0.15, -0.1) is 0 Å². The zero-order valence-electron chi connectivity index (χ0n) is 10.3. The standard InChI is InChI=1S/C14H20ClN/c1-10-4-5-11(15)8-13(10)16-12-6-7-14(2,3)9-12/h4-5,8,12,16H,6-7,9H2,1-3H3. The van der Waals surface area contributed by atoms with Gasteiger partial charge < -0.3 is 5.32 Å². The number of anilines is 1. The van der Waals surface area contributed by atoms with Crippen molar-refractivity contribution in [2.75, 3.05) is 5.32 Å². The van der Waals surface area contributed by atoms with E-state index in [4.69, 9.17) is 11.6 Å². The van der Waals surface area contributed by atoms with E-state index in [1.807, 2.05) is 12.1 Å². The van der Waals surface area contributed by atoms with Crippen LogP contribution in [0.25, 0.3) is 0 Å². The van der Waals surface area contributed by atoms with Crippen LogP contribution < -0.4 is 5.32 Å². The zero-order chi connectivity index (χ0) is 11.8. The van der Waals surface area contributed by atoms with Crippen LogP contribution in [0.3, 0.4) is 0 Å². The number of nitrogens with one attached hydrogen (secondary N) is 1. The lowest BCUT2D eigenvalue weighted by molar-refractivity contribution is 0.378. The summed E-state index contributed by atoms with van der Waals surface area (Å²) in [7, 11) is 0. The third kappa shape index (κ3) is 2.70. The fourth-order valence-corrected chi connectivity index (χ4v) is 2.70. The van der Waals surface area contributed by atoms with Crippen molar-refractivity contribution in [1.82, 2.24) is 0 Å². The van der Waals surface area contributed by atoms with E-state index in [9.17, 15) is 0 Å². The molecule has 2 rings (SSSR count). The Bertz CT molecular complexity index is 384. The van der Waals surface area contributed by atoms with Crippen LogP contribution in [0.1, 0.15) is 38.7 Å². The van der Waals surface area contributed by atoms with Crippen LogP contribution in [0.4, 0.5) is 5.69 Å². The molecule has 1 N–H and O–H groups in total. The van der Waals surface area contributed by atoms with E-state index < -0.39 is 0 Å². The van der Waals surface area contributed by atoms with Crippen molar-refractivity contribution in [2.24, 2.45) is 5.41 Å². The molecule has 1 atom stereocenters. The van der Waals surface area contributed by atoms with Crippen LogP contribution >= 0.6 is 11.6 Å². The lowest BCUT2D eigenvalue weighted by Gasteiger charge is -2.19. The maximum Gasteiger partial charge on any atom is 0.0426 e. The summed E-state index contributed by atoms with van der Waals surface area (Å²) in [6.45, 7) is 6.82. The van der Waals surface area contributed by atoms with Gasteiger partial charge in [-0.25, -0.2) is 0 Å². The van der Waals surface area contributed by atoms with E-state index in [1.165, 1.54) is 30.5 Å². The van der Waals surface area contributed by atoms with Crippen molar-refractivity contribution in [2.45, 2.75) is 46.1 Å². The molecule has 0 radical (unpaired) electrons. The average Bonchev–Trinajstić information content (AvgIpc) is 2.52. The Labute approximate surface area is 103 Å². The Hall–Kier alpha value is -0.690. The highest BCUT2D eigenvalue weighted by atomic mass is 35.5. The van der Waals surface area contributed by atoms with Crippen molar-refractivity contribution < 1.29 is 0 Å². The molecule has 88 valence electrons. The van der Waals surface area contributed by atoms with Crippen molar-refractivity contribution in [3.8, 4) is 0 Å². The second-order valence-corrected chi connectivity index (χ2v) is 6.14. The summed E-state index contributed by atoms with van der Waals surface area (Å²) in [4.78, 5) is 0. The molecule has 1 unspecified atom stereocenters. The first-order valence-corrected chi connectivity index (χ1v) is 6.37. The fourth-order valence-electron chi connectivity index (χ4n) is 2.53. The van der Waals surface area contributed by atoms with Gasteiger partial charge in [-0.1, -0.05) is 31.5 Å². The summed E-state index contributed by atoms with van der Waals surface area (Å²) in [5.41, 5.74) is 2.95. The minimum Gasteiger partial charge on any atom is -0.382 e. The molecule has 1 fully saturated rings. The number of halogens is 1. The number of hydrogen-bond acceptors (Lipinski definition) is 1. The Balaban J connectivity index is 2.07. The number of aryl methyl sites for hydroxylation is 1. The molecule has 1 saturated carbocycles. The van der Waals surface area contributed by atoms with Crippen molar-refractivity contribution in [3.63, 3.8) is 0 Å². The fraction of sp³-hybridized carbons (Fsp3) is 0.571. The summed E-state index contributed by atoms with van der Waals surface area (Å²) in [6, 6.07) is 6.65. The molecule has 0 heterocycles. The quantitative estimate of drug-likeness (QED) is 0.790. The number of benzene rings is 1. The maximum atomic E-state index is 6.02. The topological polar surface area (TPSA) is 12.0 Å². The normalized spacial score (nSPS) is 23.4. The molecule has 2 heteroatoms. The van der Waals surface area contributed by atoms with E-state index in [2.05, 4.69) is 32.2 Å². The second-order valence-electron chi connectivity index (χ2n) is 5.71. The Kier molecular flexibility index (Phi) is 3.16. The molecule has 1 aliphatic rings. The lowest BCUT2D eigenvalue weighted by atomic mass is 9.92. The molecule has 16 heavy (non-hydrogen) atoms. The van der Waals surface area contributed by atoms with Gasteiger partial charge in [-0.2, -0.15) is 0 Å². The minimum atomic E-state index is 0.490. The molecule has 0 aromatic heterocycles. The van der Waals surface area contributed by atoms with Gasteiger partial charge in [0.2, 0.25) is 0 Å². The Morgan fingerprint density at radius 3 is 2.75 bits per heavy atom. The highest BCUT2D eigenvalue weighted by molar-refractivity contribution is 6.30. The molecule has 0 saturated heterocycles. The first kappa shape index (κ1) is 11.8. The van der Waals surface area contributed by atoms with E-state index in [0.29, 0.717) is 11.5 Å². The van der Waals surface area contributed by atoms with Crippen molar-refractivity contribution in [1.29, 1.82) is 0 Å². The number of hydrogen-bond donors (Lipinski definition) is 1. The predicted octanol–water partition coefficient (Wildman–Crippen LogP) is 4.64. The largest absolute Gasteiger partial charge is 0.382 e. The molecule has 0 spiro atoms. The zero-order valence-corrected chi connectivity index (χ0v) is 11.1. The second kappa shape index (κ2) is 4.29. The van der Waals surface area contributed by atoms with Gasteiger partial charge in [0, 0.05) is 16.8 Å². The molecule has 0 amide bonds. The van der Waals surface area contributed by atoms with Crippen LogP contribution in [-0.4, -0.2) is 6.04 Å². The van der Waals surface area contributed by atoms with Crippen LogP contribution in [0.15, 0.2) is 18.2 Å². The monoisotopic (exact) mass is 237 g/mol. The van der Waals surface area contributed by atoms with Gasteiger partial charge in [-0.05, 0) is 49.3 Å². The van der Waals surface area contributed by atoms with E-state index in [-0.39, 0.29) is 0 Å². The summed E-state index contributed by atoms with van der Waals surface area (Å²) in [6.07, 6.45) is 3.82. The van der Waals surface area contributed by atoms with Gasteiger partial charge in [0.25, 0.3) is 0 Å². The molecular formula is C14H20ClN. The molecular weight excluding hydrogens is 218 g/mol. The number of rotatable bonds is 2. The summed E-state index contributed by atoms with van der Waals surface area (Å²) < 4.78 is 0. The highest BCUT2D eigenvalue weighted by Gasteiger charge is 2.30. The Morgan fingerprint density at radius 2 is 2.12 bits per heavy atom. The summed E-state index contributed by atoms with van der Waals surface area (Å²) in [5, 5.41) is 4.43. The van der Waals surface area contributed by atoms with Gasteiger partial charge in [0.05, 0.1) is 0 Å². The molecule has 1 aliphatic carbocycles. The van der Waals surface area contributed by atoms with E-state index in [0.717, 1.165) is 5.02 Å². The van der Waals surface area contributed by atoms with Gasteiger partial charge in [0.1, 0.15) is 0 Å².